The third kappa shape index (κ3) is 1.41. The highest BCUT2D eigenvalue weighted by atomic mass is 31.2. The molecular weight excluding hydrogens is 175 g/mol. The molecule has 0 radical (unpaired) electrons. The fourth-order valence-electron chi connectivity index (χ4n) is 1.06. The smallest absolute Gasteiger partial charge is 0.293 e. The average molecular weight is 186 g/mol. The summed E-state index contributed by atoms with van der Waals surface area (Å²) >= 11 is 0. The lowest BCUT2D eigenvalue weighted by Gasteiger charge is -2.17. The van der Waals surface area contributed by atoms with Crippen LogP contribution >= 0.6 is 7.67 Å². The monoisotopic (exact) mass is 186 g/mol. The topological polar surface area (TPSA) is 32.3 Å². The van der Waals surface area contributed by atoms with Crippen LogP contribution in [0.3, 0.4) is 0 Å². The first-order valence-electron chi connectivity index (χ1n) is 3.96. The fourth-order valence-corrected chi connectivity index (χ4v) is 3.18. The Kier molecular flexibility index (Phi) is 1.97. The summed E-state index contributed by atoms with van der Waals surface area (Å²) in [5.74, 6) is 2.34. The summed E-state index contributed by atoms with van der Waals surface area (Å²) in [5.41, 5.74) is 0. The van der Waals surface area contributed by atoms with Crippen molar-refractivity contribution in [3.63, 3.8) is 0 Å². The van der Waals surface area contributed by atoms with Gasteiger partial charge in [-0.25, -0.2) is 9.34 Å². The highest BCUT2D eigenvalue weighted by Crippen LogP contribution is 2.60. The van der Waals surface area contributed by atoms with E-state index in [1.807, 2.05) is 9.34 Å². The van der Waals surface area contributed by atoms with Gasteiger partial charge in [0.1, 0.15) is 6.61 Å². The summed E-state index contributed by atoms with van der Waals surface area (Å²) in [5, 5.41) is 0. The van der Waals surface area contributed by atoms with Gasteiger partial charge in [0, 0.05) is 26.2 Å². The summed E-state index contributed by atoms with van der Waals surface area (Å²) < 4.78 is 20.9. The summed E-state index contributed by atoms with van der Waals surface area (Å²) in [7, 11) is -2.63. The van der Waals surface area contributed by atoms with Crippen LogP contribution in [-0.4, -0.2) is 42.1 Å². The summed E-state index contributed by atoms with van der Waals surface area (Å²) in [6, 6.07) is 0. The Morgan fingerprint density at radius 3 is 2.17 bits per heavy atom. The molecule has 2 rings (SSSR count). The van der Waals surface area contributed by atoms with E-state index in [1.165, 1.54) is 0 Å². The molecule has 0 atom stereocenters. The standard InChI is InChI=1S/C7H11N2O2P/c1-2-7-11-12(10,8-3-4-8)9-5-6-9/h1H,3-7H2. The third-order valence-corrected chi connectivity index (χ3v) is 4.57. The van der Waals surface area contributed by atoms with Crippen LogP contribution in [0.5, 0.6) is 0 Å². The van der Waals surface area contributed by atoms with E-state index < -0.39 is 7.67 Å². The van der Waals surface area contributed by atoms with Gasteiger partial charge in [0.2, 0.25) is 0 Å². The van der Waals surface area contributed by atoms with E-state index in [4.69, 9.17) is 10.9 Å². The van der Waals surface area contributed by atoms with E-state index in [1.54, 1.807) is 0 Å². The van der Waals surface area contributed by atoms with Gasteiger partial charge in [-0.2, -0.15) is 0 Å². The molecule has 2 aliphatic rings. The van der Waals surface area contributed by atoms with Gasteiger partial charge in [0.25, 0.3) is 0 Å². The van der Waals surface area contributed by atoms with E-state index in [-0.39, 0.29) is 6.61 Å². The second-order valence-corrected chi connectivity index (χ2v) is 5.25. The molecule has 2 fully saturated rings. The van der Waals surface area contributed by atoms with Crippen molar-refractivity contribution < 1.29 is 9.09 Å². The molecule has 66 valence electrons. The molecule has 0 amide bonds. The molecule has 5 heteroatoms. The van der Waals surface area contributed by atoms with Gasteiger partial charge < -0.3 is 0 Å². The van der Waals surface area contributed by atoms with E-state index >= 15 is 0 Å². The number of nitrogens with zero attached hydrogens (tertiary/aromatic N) is 2. The molecule has 2 saturated heterocycles. The van der Waals surface area contributed by atoms with Crippen molar-refractivity contribution in [2.45, 2.75) is 0 Å². The first-order valence-corrected chi connectivity index (χ1v) is 5.49. The van der Waals surface area contributed by atoms with Crippen LogP contribution in [-0.2, 0) is 9.09 Å². The second kappa shape index (κ2) is 2.86. The molecule has 0 unspecified atom stereocenters. The molecule has 0 aliphatic carbocycles. The lowest BCUT2D eigenvalue weighted by molar-refractivity contribution is 0.309. The zero-order valence-electron chi connectivity index (χ0n) is 6.77. The first-order chi connectivity index (χ1) is 5.77. The highest BCUT2D eigenvalue weighted by Gasteiger charge is 2.49. The highest BCUT2D eigenvalue weighted by molar-refractivity contribution is 7.54. The van der Waals surface area contributed by atoms with Gasteiger partial charge in [-0.3, -0.25) is 9.09 Å². The number of terminal acetylenes is 1. The Morgan fingerprint density at radius 1 is 1.33 bits per heavy atom. The molecule has 0 aromatic heterocycles. The van der Waals surface area contributed by atoms with Crippen molar-refractivity contribution in [1.29, 1.82) is 0 Å². The van der Waals surface area contributed by atoms with Crippen molar-refractivity contribution in [1.82, 2.24) is 9.34 Å². The lowest BCUT2D eigenvalue weighted by Crippen LogP contribution is -2.07. The Labute approximate surface area is 72.0 Å². The molecular formula is C7H11N2O2P. The van der Waals surface area contributed by atoms with Crippen LogP contribution in [0.4, 0.5) is 0 Å². The van der Waals surface area contributed by atoms with Gasteiger partial charge in [-0.05, 0) is 0 Å². The molecule has 0 aromatic carbocycles. The molecule has 0 bridgehead atoms. The summed E-state index contributed by atoms with van der Waals surface area (Å²) in [6.07, 6.45) is 5.04. The van der Waals surface area contributed by atoms with Gasteiger partial charge in [0.15, 0.2) is 0 Å². The Morgan fingerprint density at radius 2 is 1.83 bits per heavy atom. The van der Waals surface area contributed by atoms with Crippen LogP contribution in [0, 0.1) is 12.3 Å². The summed E-state index contributed by atoms with van der Waals surface area (Å²) in [4.78, 5) is 0. The quantitative estimate of drug-likeness (QED) is 0.361. The maximum absolute atomic E-state index is 12.0. The maximum atomic E-state index is 12.0. The van der Waals surface area contributed by atoms with Crippen molar-refractivity contribution >= 4 is 7.67 Å². The number of hydrogen-bond donors (Lipinski definition) is 0. The van der Waals surface area contributed by atoms with E-state index in [0.29, 0.717) is 0 Å². The largest absolute Gasteiger partial charge is 0.347 e. The Hall–Kier alpha value is -0.330. The molecule has 4 nitrogen and oxygen atoms in total. The zero-order chi connectivity index (χ0) is 8.60. The predicted octanol–water partition coefficient (Wildman–Crippen LogP) is 0.375. The van der Waals surface area contributed by atoms with Gasteiger partial charge in [-0.15, -0.1) is 6.42 Å². The van der Waals surface area contributed by atoms with Crippen molar-refractivity contribution in [3.05, 3.63) is 0 Å². The van der Waals surface area contributed by atoms with E-state index in [2.05, 4.69) is 5.92 Å². The molecule has 0 aromatic rings. The fraction of sp³-hybridized carbons (Fsp3) is 0.714. The molecule has 0 spiro atoms. The third-order valence-electron chi connectivity index (χ3n) is 1.88. The predicted molar refractivity (Wildman–Crippen MR) is 45.5 cm³/mol. The van der Waals surface area contributed by atoms with Gasteiger partial charge in [-0.1, -0.05) is 5.92 Å². The van der Waals surface area contributed by atoms with Crippen LogP contribution in [0.1, 0.15) is 0 Å². The first kappa shape index (κ1) is 8.28. The minimum Gasteiger partial charge on any atom is -0.293 e. The minimum atomic E-state index is -2.63. The number of hydrogen-bond acceptors (Lipinski definition) is 2. The molecule has 12 heavy (non-hydrogen) atoms. The SMILES string of the molecule is C#CCOP(=O)(N1CC1)N1CC1. The Balaban J connectivity index is 2.01. The molecule has 2 aliphatic heterocycles. The summed E-state index contributed by atoms with van der Waals surface area (Å²) in [6.45, 7) is 3.64. The van der Waals surface area contributed by atoms with Crippen LogP contribution < -0.4 is 0 Å². The normalized spacial score (nSPS) is 23.6. The Bertz CT molecular complexity index is 249. The van der Waals surface area contributed by atoms with Crippen molar-refractivity contribution in [2.75, 3.05) is 32.8 Å². The van der Waals surface area contributed by atoms with E-state index in [9.17, 15) is 4.57 Å². The molecule has 2 heterocycles. The van der Waals surface area contributed by atoms with Gasteiger partial charge in [0.05, 0.1) is 0 Å². The van der Waals surface area contributed by atoms with Crippen molar-refractivity contribution in [2.24, 2.45) is 0 Å². The van der Waals surface area contributed by atoms with Crippen LogP contribution in [0.2, 0.25) is 0 Å². The van der Waals surface area contributed by atoms with Crippen molar-refractivity contribution in [3.8, 4) is 12.3 Å². The van der Waals surface area contributed by atoms with Gasteiger partial charge >= 0.3 is 7.67 Å². The number of rotatable bonds is 4. The van der Waals surface area contributed by atoms with Crippen LogP contribution in [0.25, 0.3) is 0 Å². The maximum Gasteiger partial charge on any atom is 0.347 e. The lowest BCUT2D eigenvalue weighted by atomic mass is 10.8. The second-order valence-electron chi connectivity index (χ2n) is 2.88. The van der Waals surface area contributed by atoms with Crippen LogP contribution in [0.15, 0.2) is 0 Å². The average Bonchev–Trinajstić information content (AvgIpc) is 2.92. The molecule has 0 N–H and O–H groups in total. The zero-order valence-corrected chi connectivity index (χ0v) is 7.67. The molecule has 0 saturated carbocycles. The van der Waals surface area contributed by atoms with E-state index in [0.717, 1.165) is 26.2 Å². The minimum absolute atomic E-state index is 0.143.